The molecule has 0 bridgehead atoms. The number of hydrogen-bond donors (Lipinski definition) is 1. The predicted molar refractivity (Wildman–Crippen MR) is 71.1 cm³/mol. The second-order valence-electron chi connectivity index (χ2n) is 4.33. The van der Waals surface area contributed by atoms with Gasteiger partial charge in [-0.1, -0.05) is 25.4 Å². The molecule has 0 amide bonds. The van der Waals surface area contributed by atoms with Gasteiger partial charge < -0.3 is 5.73 Å². The third-order valence-electron chi connectivity index (χ3n) is 2.66. The summed E-state index contributed by atoms with van der Waals surface area (Å²) >= 11 is 7.62. The lowest BCUT2D eigenvalue weighted by Gasteiger charge is -2.12. The van der Waals surface area contributed by atoms with E-state index < -0.39 is 0 Å². The summed E-state index contributed by atoms with van der Waals surface area (Å²) in [5.41, 5.74) is 7.06. The number of nitrogens with two attached hydrogens (primary N) is 1. The summed E-state index contributed by atoms with van der Waals surface area (Å²) in [4.78, 5) is 4.56. The lowest BCUT2D eigenvalue weighted by atomic mass is 10.0. The minimum atomic E-state index is 0.177. The average molecular weight is 255 g/mol. The maximum absolute atomic E-state index is 6.04. The molecule has 4 heteroatoms. The zero-order valence-electron chi connectivity index (χ0n) is 9.40. The number of halogens is 1. The first-order chi connectivity index (χ1) is 7.56. The fourth-order valence-electron chi connectivity index (χ4n) is 1.47. The topological polar surface area (TPSA) is 38.9 Å². The van der Waals surface area contributed by atoms with Gasteiger partial charge in [0.2, 0.25) is 0 Å². The highest BCUT2D eigenvalue weighted by Crippen LogP contribution is 2.26. The molecule has 2 aromatic rings. The van der Waals surface area contributed by atoms with Crippen molar-refractivity contribution < 1.29 is 0 Å². The van der Waals surface area contributed by atoms with Crippen LogP contribution in [-0.4, -0.2) is 11.0 Å². The Labute approximate surface area is 104 Å². The van der Waals surface area contributed by atoms with Gasteiger partial charge in [0.25, 0.3) is 0 Å². The molecule has 0 aliphatic carbocycles. The number of nitrogens with zero attached hydrogens (tertiary/aromatic N) is 1. The summed E-state index contributed by atoms with van der Waals surface area (Å²) in [5.74, 6) is 0.482. The van der Waals surface area contributed by atoms with E-state index in [4.69, 9.17) is 17.3 Å². The average Bonchev–Trinajstić information content (AvgIpc) is 2.58. The molecule has 1 atom stereocenters. The molecule has 2 N–H and O–H groups in total. The summed E-state index contributed by atoms with van der Waals surface area (Å²) < 4.78 is 1.14. The van der Waals surface area contributed by atoms with E-state index in [9.17, 15) is 0 Å². The van der Waals surface area contributed by atoms with E-state index in [0.29, 0.717) is 5.92 Å². The summed E-state index contributed by atoms with van der Waals surface area (Å²) in [7, 11) is 0. The lowest BCUT2D eigenvalue weighted by molar-refractivity contribution is 0.490. The highest BCUT2D eigenvalue weighted by Gasteiger charge is 2.12. The Morgan fingerprint density at radius 2 is 2.19 bits per heavy atom. The highest BCUT2D eigenvalue weighted by molar-refractivity contribution is 7.18. The van der Waals surface area contributed by atoms with E-state index in [0.717, 1.165) is 26.7 Å². The second-order valence-corrected chi connectivity index (χ2v) is 5.88. The largest absolute Gasteiger partial charge is 0.327 e. The normalized spacial score (nSPS) is 13.6. The van der Waals surface area contributed by atoms with Crippen LogP contribution in [0.3, 0.4) is 0 Å². The second kappa shape index (κ2) is 4.70. The molecule has 16 heavy (non-hydrogen) atoms. The van der Waals surface area contributed by atoms with E-state index in [1.54, 1.807) is 11.3 Å². The van der Waals surface area contributed by atoms with Crippen molar-refractivity contribution in [2.24, 2.45) is 11.7 Å². The highest BCUT2D eigenvalue weighted by atomic mass is 35.5. The smallest absolute Gasteiger partial charge is 0.0954 e. The fourth-order valence-corrected chi connectivity index (χ4v) is 2.79. The number of rotatable bonds is 3. The number of thiazole rings is 1. The van der Waals surface area contributed by atoms with Crippen LogP contribution >= 0.6 is 22.9 Å². The van der Waals surface area contributed by atoms with Gasteiger partial charge in [-0.3, -0.25) is 0 Å². The Kier molecular flexibility index (Phi) is 3.47. The summed E-state index contributed by atoms with van der Waals surface area (Å²) in [6, 6.07) is 5.96. The molecule has 1 aromatic carbocycles. The van der Waals surface area contributed by atoms with Crippen molar-refractivity contribution in [1.29, 1.82) is 0 Å². The van der Waals surface area contributed by atoms with Gasteiger partial charge in [0, 0.05) is 17.5 Å². The van der Waals surface area contributed by atoms with E-state index in [-0.39, 0.29) is 6.04 Å². The van der Waals surface area contributed by atoms with Gasteiger partial charge in [-0.05, 0) is 24.1 Å². The van der Waals surface area contributed by atoms with Crippen molar-refractivity contribution in [2.45, 2.75) is 26.3 Å². The summed E-state index contributed by atoms with van der Waals surface area (Å²) in [6.07, 6.45) is 0.842. The Morgan fingerprint density at radius 1 is 1.44 bits per heavy atom. The molecule has 1 aromatic heterocycles. The predicted octanol–water partition coefficient (Wildman–Crippen LogP) is 3.48. The van der Waals surface area contributed by atoms with Gasteiger partial charge in [-0.2, -0.15) is 0 Å². The van der Waals surface area contributed by atoms with Crippen LogP contribution in [0.5, 0.6) is 0 Å². The molecule has 0 aliphatic heterocycles. The zero-order chi connectivity index (χ0) is 11.7. The Balaban J connectivity index is 2.26. The third kappa shape index (κ3) is 2.54. The Bertz CT molecular complexity index is 493. The van der Waals surface area contributed by atoms with Crippen LogP contribution in [0.15, 0.2) is 18.2 Å². The molecule has 0 radical (unpaired) electrons. The molecule has 0 fully saturated rings. The lowest BCUT2D eigenvalue weighted by Crippen LogP contribution is -2.28. The zero-order valence-corrected chi connectivity index (χ0v) is 11.0. The van der Waals surface area contributed by atoms with Crippen molar-refractivity contribution in [3.8, 4) is 0 Å². The van der Waals surface area contributed by atoms with Gasteiger partial charge in [0.05, 0.1) is 15.2 Å². The number of fused-ring (bicyclic) bond motifs is 1. The molecular weight excluding hydrogens is 240 g/mol. The fraction of sp³-hybridized carbons (Fsp3) is 0.417. The maximum atomic E-state index is 6.04. The van der Waals surface area contributed by atoms with Crippen molar-refractivity contribution in [1.82, 2.24) is 4.98 Å². The minimum Gasteiger partial charge on any atom is -0.327 e. The Hall–Kier alpha value is -0.640. The molecular formula is C12H15ClN2S. The number of aromatic nitrogens is 1. The van der Waals surface area contributed by atoms with Crippen LogP contribution in [-0.2, 0) is 6.42 Å². The van der Waals surface area contributed by atoms with Gasteiger partial charge in [0.1, 0.15) is 0 Å². The number of benzene rings is 1. The molecule has 0 aliphatic rings. The molecule has 86 valence electrons. The Morgan fingerprint density at radius 3 is 2.88 bits per heavy atom. The monoisotopic (exact) mass is 254 g/mol. The van der Waals surface area contributed by atoms with Crippen molar-refractivity contribution >= 4 is 33.2 Å². The molecule has 2 nitrogen and oxygen atoms in total. The first kappa shape index (κ1) is 11.8. The van der Waals surface area contributed by atoms with Crippen LogP contribution in [0.25, 0.3) is 10.2 Å². The van der Waals surface area contributed by atoms with Gasteiger partial charge >= 0.3 is 0 Å². The van der Waals surface area contributed by atoms with Crippen LogP contribution in [0, 0.1) is 5.92 Å². The van der Waals surface area contributed by atoms with E-state index in [1.807, 2.05) is 18.2 Å². The molecule has 0 saturated heterocycles. The quantitative estimate of drug-likeness (QED) is 0.911. The van der Waals surface area contributed by atoms with E-state index in [1.165, 1.54) is 0 Å². The van der Waals surface area contributed by atoms with E-state index >= 15 is 0 Å². The molecule has 1 heterocycles. The third-order valence-corrected chi connectivity index (χ3v) is 3.94. The summed E-state index contributed by atoms with van der Waals surface area (Å²) in [5, 5.41) is 1.86. The molecule has 2 rings (SSSR count). The SMILES string of the molecule is CC(C)C(N)Cc1nc2ccc(Cl)cc2s1. The van der Waals surface area contributed by atoms with Crippen LogP contribution < -0.4 is 5.73 Å². The standard InChI is InChI=1S/C12H15ClN2S/c1-7(2)9(14)6-12-15-10-4-3-8(13)5-11(10)16-12/h3-5,7,9H,6,14H2,1-2H3. The van der Waals surface area contributed by atoms with E-state index in [2.05, 4.69) is 18.8 Å². The van der Waals surface area contributed by atoms with Crippen LogP contribution in [0.1, 0.15) is 18.9 Å². The van der Waals surface area contributed by atoms with Crippen molar-refractivity contribution in [3.05, 3.63) is 28.2 Å². The van der Waals surface area contributed by atoms with Crippen LogP contribution in [0.2, 0.25) is 5.02 Å². The first-order valence-electron chi connectivity index (χ1n) is 5.37. The van der Waals surface area contributed by atoms with Crippen molar-refractivity contribution in [3.63, 3.8) is 0 Å². The van der Waals surface area contributed by atoms with Gasteiger partial charge in [-0.15, -0.1) is 11.3 Å². The molecule has 0 spiro atoms. The summed E-state index contributed by atoms with van der Waals surface area (Å²) in [6.45, 7) is 4.27. The van der Waals surface area contributed by atoms with Crippen LogP contribution in [0.4, 0.5) is 0 Å². The van der Waals surface area contributed by atoms with Gasteiger partial charge in [0.15, 0.2) is 0 Å². The molecule has 0 saturated carbocycles. The minimum absolute atomic E-state index is 0.177. The number of hydrogen-bond acceptors (Lipinski definition) is 3. The maximum Gasteiger partial charge on any atom is 0.0954 e. The first-order valence-corrected chi connectivity index (χ1v) is 6.56. The van der Waals surface area contributed by atoms with Gasteiger partial charge in [-0.25, -0.2) is 4.98 Å². The molecule has 1 unspecified atom stereocenters. The van der Waals surface area contributed by atoms with Crippen molar-refractivity contribution in [2.75, 3.05) is 0 Å².